The first-order chi connectivity index (χ1) is 6.70. The highest BCUT2D eigenvalue weighted by atomic mass is 16.7. The minimum atomic E-state index is -0.583. The van der Waals surface area contributed by atoms with Gasteiger partial charge in [-0.2, -0.15) is 0 Å². The molecule has 0 bridgehead atoms. The van der Waals surface area contributed by atoms with Gasteiger partial charge in [0.05, 0.1) is 7.11 Å². The van der Waals surface area contributed by atoms with Crippen LogP contribution < -0.4 is 5.32 Å². The van der Waals surface area contributed by atoms with Gasteiger partial charge < -0.3 is 5.32 Å². The first-order valence-corrected chi connectivity index (χ1v) is 4.79. The van der Waals surface area contributed by atoms with E-state index in [1.54, 1.807) is 0 Å². The molecule has 1 N–H and O–H groups in total. The van der Waals surface area contributed by atoms with Gasteiger partial charge in [0.1, 0.15) is 6.04 Å². The summed E-state index contributed by atoms with van der Waals surface area (Å²) in [5, 5.41) is 3.74. The lowest BCUT2D eigenvalue weighted by Crippen LogP contribution is -2.53. The number of amides is 2. The number of hydrogen-bond acceptors (Lipinski definition) is 3. The molecule has 86 valence electrons. The Bertz CT molecular complexity index is 250. The van der Waals surface area contributed by atoms with Gasteiger partial charge in [-0.05, 0) is 5.41 Å². The molecule has 1 atom stereocenters. The van der Waals surface area contributed by atoms with Crippen molar-refractivity contribution in [2.45, 2.75) is 26.8 Å². The summed E-state index contributed by atoms with van der Waals surface area (Å²) in [6.07, 6.45) is 0. The quantitative estimate of drug-likeness (QED) is 0.521. The Morgan fingerprint density at radius 3 is 2.13 bits per heavy atom. The zero-order valence-electron chi connectivity index (χ0n) is 10.2. The van der Waals surface area contributed by atoms with Gasteiger partial charge in [0.25, 0.3) is 5.91 Å². The van der Waals surface area contributed by atoms with Gasteiger partial charge in [0, 0.05) is 7.05 Å². The number of carbonyl (C=O) groups is 2. The van der Waals surface area contributed by atoms with E-state index >= 15 is 0 Å². The number of hydroxylamine groups is 2. The maximum Gasteiger partial charge on any atom is 0.268 e. The van der Waals surface area contributed by atoms with Crippen molar-refractivity contribution in [3.05, 3.63) is 0 Å². The molecule has 15 heavy (non-hydrogen) atoms. The van der Waals surface area contributed by atoms with Gasteiger partial charge in [0.2, 0.25) is 7.85 Å². The second kappa shape index (κ2) is 5.16. The molecule has 0 aromatic carbocycles. The summed E-state index contributed by atoms with van der Waals surface area (Å²) in [5.74, 6) is -0.493. The average molecular weight is 214 g/mol. The van der Waals surface area contributed by atoms with Crippen LogP contribution in [0.5, 0.6) is 0 Å². The summed E-state index contributed by atoms with van der Waals surface area (Å²) in [4.78, 5) is 27.6. The Kier molecular flexibility index (Phi) is 4.80. The molecule has 6 heteroatoms. The Morgan fingerprint density at radius 2 is 1.87 bits per heavy atom. The minimum absolute atomic E-state index is 0.229. The van der Waals surface area contributed by atoms with Crippen molar-refractivity contribution in [2.24, 2.45) is 5.41 Å². The first-order valence-electron chi connectivity index (χ1n) is 4.79. The van der Waals surface area contributed by atoms with E-state index in [-0.39, 0.29) is 17.1 Å². The number of likely N-dealkylation sites (N-methyl/N-ethyl adjacent to an activating group) is 1. The van der Waals surface area contributed by atoms with E-state index in [4.69, 9.17) is 4.84 Å². The molecule has 2 amide bonds. The van der Waals surface area contributed by atoms with E-state index in [9.17, 15) is 9.59 Å². The van der Waals surface area contributed by atoms with E-state index in [2.05, 4.69) is 5.32 Å². The fourth-order valence-corrected chi connectivity index (χ4v) is 1.12. The largest absolute Gasteiger partial charge is 0.353 e. The fourth-order valence-electron chi connectivity index (χ4n) is 1.12. The first kappa shape index (κ1) is 14.0. The van der Waals surface area contributed by atoms with Crippen LogP contribution in [0.4, 0.5) is 4.79 Å². The van der Waals surface area contributed by atoms with Gasteiger partial charge in [-0.1, -0.05) is 20.8 Å². The predicted molar refractivity (Wildman–Crippen MR) is 60.1 cm³/mol. The number of carbonyl (C=O) groups excluding carboxylic acids is 2. The van der Waals surface area contributed by atoms with E-state index in [1.807, 2.05) is 20.8 Å². The number of hydrogen-bond donors (Lipinski definition) is 1. The molecule has 0 radical (unpaired) electrons. The van der Waals surface area contributed by atoms with Crippen molar-refractivity contribution in [1.82, 2.24) is 10.4 Å². The molecule has 0 fully saturated rings. The van der Waals surface area contributed by atoms with Crippen LogP contribution in [-0.4, -0.2) is 44.8 Å². The summed E-state index contributed by atoms with van der Waals surface area (Å²) in [5.41, 5.74) is -0.352. The molecular weight excluding hydrogens is 195 g/mol. The zero-order valence-corrected chi connectivity index (χ0v) is 10.2. The molecule has 0 rings (SSSR count). The molecule has 0 heterocycles. The maximum absolute atomic E-state index is 11.8. The zero-order chi connectivity index (χ0) is 12.2. The Morgan fingerprint density at radius 1 is 1.40 bits per heavy atom. The van der Waals surface area contributed by atoms with E-state index in [1.165, 1.54) is 22.0 Å². The van der Waals surface area contributed by atoms with Crippen LogP contribution in [0.2, 0.25) is 0 Å². The second-order valence-electron chi connectivity index (χ2n) is 4.52. The van der Waals surface area contributed by atoms with E-state index < -0.39 is 6.04 Å². The molecule has 0 aromatic heterocycles. The van der Waals surface area contributed by atoms with Crippen LogP contribution in [0.1, 0.15) is 20.8 Å². The predicted octanol–water partition coefficient (Wildman–Crippen LogP) is -0.236. The van der Waals surface area contributed by atoms with Crippen molar-refractivity contribution in [3.8, 4) is 0 Å². The molecule has 0 aliphatic rings. The summed E-state index contributed by atoms with van der Waals surface area (Å²) >= 11 is 0. The van der Waals surface area contributed by atoms with Crippen LogP contribution in [0.25, 0.3) is 0 Å². The van der Waals surface area contributed by atoms with Gasteiger partial charge in [-0.3, -0.25) is 14.4 Å². The molecule has 0 saturated heterocycles. The third kappa shape index (κ3) is 4.33. The van der Waals surface area contributed by atoms with Gasteiger partial charge >= 0.3 is 0 Å². The molecule has 0 unspecified atom stereocenters. The Labute approximate surface area is 91.5 Å². The number of rotatable bonds is 3. The highest BCUT2D eigenvalue weighted by Crippen LogP contribution is 2.20. The van der Waals surface area contributed by atoms with Crippen LogP contribution in [0.3, 0.4) is 0 Å². The third-order valence-corrected chi connectivity index (χ3v) is 2.04. The topological polar surface area (TPSA) is 58.6 Å². The van der Waals surface area contributed by atoms with Gasteiger partial charge in [-0.15, -0.1) is 0 Å². The number of nitrogens with one attached hydrogen (secondary N) is 1. The van der Waals surface area contributed by atoms with Crippen molar-refractivity contribution in [2.75, 3.05) is 14.2 Å². The fraction of sp³-hybridized carbons (Fsp3) is 0.778. The van der Waals surface area contributed by atoms with E-state index in [0.29, 0.717) is 0 Å². The Balaban J connectivity index is 4.79. The molecule has 5 nitrogen and oxygen atoms in total. The highest BCUT2D eigenvalue weighted by molar-refractivity contribution is 6.57. The molecular formula is C9H19BN2O3. The molecule has 0 saturated carbocycles. The standard InChI is InChI=1S/C9H19BN2O3/c1-9(2,3)6(11-8(10)14)7(13)12(4)15-5/h6H,10H2,1-5H3,(H,11,14)/t6-/m1/s1. The molecule has 0 aromatic rings. The van der Waals surface area contributed by atoms with Crippen LogP contribution >= 0.6 is 0 Å². The number of nitrogens with zero attached hydrogens (tertiary/aromatic N) is 1. The molecule has 0 aliphatic carbocycles. The SMILES string of the molecule is BC(=O)N[C@H](C(=O)N(C)OC)C(C)(C)C. The lowest BCUT2D eigenvalue weighted by Gasteiger charge is -2.32. The average Bonchev–Trinajstić information content (AvgIpc) is 2.09. The van der Waals surface area contributed by atoms with Gasteiger partial charge in [0.15, 0.2) is 5.81 Å². The smallest absolute Gasteiger partial charge is 0.268 e. The van der Waals surface area contributed by atoms with Crippen LogP contribution in [-0.2, 0) is 9.63 Å². The van der Waals surface area contributed by atoms with Crippen molar-refractivity contribution in [1.29, 1.82) is 0 Å². The van der Waals surface area contributed by atoms with E-state index in [0.717, 1.165) is 5.06 Å². The summed E-state index contributed by atoms with van der Waals surface area (Å²) in [7, 11) is 4.31. The summed E-state index contributed by atoms with van der Waals surface area (Å²) in [6, 6.07) is -0.583. The van der Waals surface area contributed by atoms with Crippen molar-refractivity contribution >= 4 is 19.6 Å². The van der Waals surface area contributed by atoms with Crippen LogP contribution in [0.15, 0.2) is 0 Å². The summed E-state index contributed by atoms with van der Waals surface area (Å²) in [6.45, 7) is 5.65. The summed E-state index contributed by atoms with van der Waals surface area (Å²) < 4.78 is 0. The van der Waals surface area contributed by atoms with Gasteiger partial charge in [-0.25, -0.2) is 5.06 Å². The Hall–Kier alpha value is -1.04. The lowest BCUT2D eigenvalue weighted by atomic mass is 9.85. The lowest BCUT2D eigenvalue weighted by molar-refractivity contribution is -0.173. The molecule has 0 aliphatic heterocycles. The second-order valence-corrected chi connectivity index (χ2v) is 4.52. The van der Waals surface area contributed by atoms with Crippen molar-refractivity contribution < 1.29 is 14.4 Å². The monoisotopic (exact) mass is 214 g/mol. The molecule has 0 spiro atoms. The normalized spacial score (nSPS) is 13.1. The van der Waals surface area contributed by atoms with Crippen LogP contribution in [0, 0.1) is 5.41 Å². The highest BCUT2D eigenvalue weighted by Gasteiger charge is 2.34. The maximum atomic E-state index is 11.8. The van der Waals surface area contributed by atoms with Crippen molar-refractivity contribution in [3.63, 3.8) is 0 Å². The third-order valence-electron chi connectivity index (χ3n) is 2.04. The minimum Gasteiger partial charge on any atom is -0.353 e.